The van der Waals surface area contributed by atoms with E-state index in [0.29, 0.717) is 16.3 Å². The molecule has 0 amide bonds. The van der Waals surface area contributed by atoms with Crippen molar-refractivity contribution in [3.63, 3.8) is 0 Å². The zero-order chi connectivity index (χ0) is 20.8. The van der Waals surface area contributed by atoms with Crippen LogP contribution in [-0.4, -0.2) is 9.78 Å². The van der Waals surface area contributed by atoms with Crippen LogP contribution in [0.5, 0.6) is 0 Å². The molecule has 2 nitrogen and oxygen atoms in total. The van der Waals surface area contributed by atoms with E-state index in [1.807, 2.05) is 0 Å². The normalized spacial score (nSPS) is 11.9. The first-order chi connectivity index (χ1) is 13.7. The quantitative estimate of drug-likeness (QED) is 0.336. The van der Waals surface area contributed by atoms with Crippen LogP contribution in [0, 0.1) is 11.6 Å². The van der Waals surface area contributed by atoms with Gasteiger partial charge in [0, 0.05) is 27.6 Å². The van der Waals surface area contributed by atoms with Gasteiger partial charge in [-0.3, -0.25) is 4.68 Å². The minimum absolute atomic E-state index is 0.1000. The predicted molar refractivity (Wildman–Crippen MR) is 101 cm³/mol. The first-order valence-corrected chi connectivity index (χ1v) is 8.88. The molecule has 148 valence electrons. The second-order valence-corrected chi connectivity index (χ2v) is 6.88. The highest BCUT2D eigenvalue weighted by Crippen LogP contribution is 2.38. The number of alkyl halides is 3. The first-order valence-electron chi connectivity index (χ1n) is 8.50. The topological polar surface area (TPSA) is 17.8 Å². The zero-order valence-corrected chi connectivity index (χ0v) is 15.4. The fourth-order valence-corrected chi connectivity index (χ4v) is 3.34. The van der Waals surface area contributed by atoms with Gasteiger partial charge in [0.25, 0.3) is 0 Å². The Morgan fingerprint density at radius 2 is 1.66 bits per heavy atom. The van der Waals surface area contributed by atoms with Crippen molar-refractivity contribution >= 4 is 22.5 Å². The monoisotopic (exact) mass is 422 g/mol. The molecule has 0 aliphatic carbocycles. The van der Waals surface area contributed by atoms with Crippen LogP contribution in [0.1, 0.15) is 11.1 Å². The number of rotatable bonds is 3. The Kier molecular flexibility index (Phi) is 4.78. The van der Waals surface area contributed by atoms with E-state index in [4.69, 9.17) is 11.6 Å². The summed E-state index contributed by atoms with van der Waals surface area (Å²) in [6.07, 6.45) is -4.60. The Labute approximate surface area is 167 Å². The van der Waals surface area contributed by atoms with E-state index in [2.05, 4.69) is 5.10 Å². The molecule has 0 spiro atoms. The highest BCUT2D eigenvalue weighted by molar-refractivity contribution is 6.30. The number of hydrogen-bond acceptors (Lipinski definition) is 1. The molecule has 0 N–H and O–H groups in total. The Morgan fingerprint density at radius 3 is 2.31 bits per heavy atom. The molecule has 0 aliphatic heterocycles. The van der Waals surface area contributed by atoms with E-state index >= 15 is 0 Å². The molecule has 1 aromatic heterocycles. The fourth-order valence-electron chi connectivity index (χ4n) is 3.22. The van der Waals surface area contributed by atoms with E-state index in [1.165, 1.54) is 22.9 Å². The van der Waals surface area contributed by atoms with Crippen molar-refractivity contribution < 1.29 is 22.0 Å². The lowest BCUT2D eigenvalue weighted by Crippen LogP contribution is -2.07. The van der Waals surface area contributed by atoms with Gasteiger partial charge in [-0.1, -0.05) is 41.9 Å². The summed E-state index contributed by atoms with van der Waals surface area (Å²) >= 11 is 5.93. The smallest absolute Gasteiger partial charge is 0.259 e. The Bertz CT molecular complexity index is 1200. The molecule has 3 aromatic carbocycles. The lowest BCUT2D eigenvalue weighted by molar-refractivity contribution is -0.136. The van der Waals surface area contributed by atoms with E-state index in [-0.39, 0.29) is 23.0 Å². The van der Waals surface area contributed by atoms with Gasteiger partial charge in [-0.25, -0.2) is 8.78 Å². The summed E-state index contributed by atoms with van der Waals surface area (Å²) in [5.74, 6) is -1.54. The lowest BCUT2D eigenvalue weighted by Gasteiger charge is -2.09. The third-order valence-corrected chi connectivity index (χ3v) is 4.78. The maximum absolute atomic E-state index is 14.2. The van der Waals surface area contributed by atoms with Crippen molar-refractivity contribution in [2.75, 3.05) is 0 Å². The largest absolute Gasteiger partial charge is 0.418 e. The standard InChI is InChI=1S/C21H12ClF5N2/c22-14-7-4-12(5-8-14)20-16-2-1-3-17(21(25,26)27)19(16)28-29(20)11-13-6-9-15(23)10-18(13)24/h1-10H,11H2. The van der Waals surface area contributed by atoms with Gasteiger partial charge in [-0.2, -0.15) is 18.3 Å². The molecule has 8 heteroatoms. The van der Waals surface area contributed by atoms with Gasteiger partial charge in [0.15, 0.2) is 0 Å². The second kappa shape index (κ2) is 7.15. The number of halogens is 6. The van der Waals surface area contributed by atoms with Crippen molar-refractivity contribution in [2.24, 2.45) is 0 Å². The fraction of sp³-hybridized carbons (Fsp3) is 0.0952. The molecule has 4 aromatic rings. The number of benzene rings is 3. The Morgan fingerprint density at radius 1 is 0.931 bits per heavy atom. The molecule has 0 saturated carbocycles. The average molecular weight is 423 g/mol. The molecule has 0 bridgehead atoms. The van der Waals surface area contributed by atoms with E-state index in [9.17, 15) is 22.0 Å². The number of nitrogens with zero attached hydrogens (tertiary/aromatic N) is 2. The van der Waals surface area contributed by atoms with Gasteiger partial charge in [-0.15, -0.1) is 0 Å². The van der Waals surface area contributed by atoms with Crippen LogP contribution >= 0.6 is 11.6 Å². The maximum Gasteiger partial charge on any atom is 0.418 e. The molecule has 0 unspecified atom stereocenters. The molecule has 0 aliphatic rings. The van der Waals surface area contributed by atoms with Crippen LogP contribution in [0.4, 0.5) is 22.0 Å². The summed E-state index contributed by atoms with van der Waals surface area (Å²) in [5, 5.41) is 4.87. The summed E-state index contributed by atoms with van der Waals surface area (Å²) in [7, 11) is 0. The molecular formula is C21H12ClF5N2. The van der Waals surface area contributed by atoms with Crippen molar-refractivity contribution in [2.45, 2.75) is 12.7 Å². The summed E-state index contributed by atoms with van der Waals surface area (Å²) in [6, 6.07) is 13.3. The van der Waals surface area contributed by atoms with Crippen LogP contribution in [0.2, 0.25) is 5.02 Å². The van der Waals surface area contributed by atoms with Gasteiger partial charge in [0.05, 0.1) is 17.8 Å². The van der Waals surface area contributed by atoms with Crippen molar-refractivity contribution in [1.29, 1.82) is 0 Å². The lowest BCUT2D eigenvalue weighted by atomic mass is 10.0. The highest BCUT2D eigenvalue weighted by Gasteiger charge is 2.34. The van der Waals surface area contributed by atoms with Gasteiger partial charge < -0.3 is 0 Å². The first kappa shape index (κ1) is 19.4. The van der Waals surface area contributed by atoms with Crippen LogP contribution < -0.4 is 0 Å². The molecule has 0 atom stereocenters. The second-order valence-electron chi connectivity index (χ2n) is 6.45. The van der Waals surface area contributed by atoms with E-state index in [0.717, 1.165) is 18.2 Å². The third-order valence-electron chi connectivity index (χ3n) is 4.53. The summed E-state index contributed by atoms with van der Waals surface area (Å²) < 4.78 is 69.1. The summed E-state index contributed by atoms with van der Waals surface area (Å²) in [5.41, 5.74) is -0.0794. The molecule has 0 radical (unpaired) electrons. The Hall–Kier alpha value is -2.93. The van der Waals surface area contributed by atoms with Crippen molar-refractivity contribution in [1.82, 2.24) is 9.78 Å². The van der Waals surface area contributed by atoms with E-state index in [1.54, 1.807) is 24.3 Å². The highest BCUT2D eigenvalue weighted by atomic mass is 35.5. The minimum Gasteiger partial charge on any atom is -0.259 e. The zero-order valence-electron chi connectivity index (χ0n) is 14.6. The van der Waals surface area contributed by atoms with Gasteiger partial charge in [0.1, 0.15) is 17.2 Å². The van der Waals surface area contributed by atoms with Gasteiger partial charge in [-0.05, 0) is 24.3 Å². The van der Waals surface area contributed by atoms with Crippen molar-refractivity contribution in [3.05, 3.63) is 88.4 Å². The van der Waals surface area contributed by atoms with Crippen LogP contribution in [-0.2, 0) is 12.7 Å². The molecule has 4 rings (SSSR count). The summed E-state index contributed by atoms with van der Waals surface area (Å²) in [4.78, 5) is 0. The SMILES string of the molecule is Fc1ccc(Cn2nc3c(C(F)(F)F)cccc3c2-c2ccc(Cl)cc2)c(F)c1. The van der Waals surface area contributed by atoms with Crippen LogP contribution in [0.3, 0.4) is 0 Å². The molecular weight excluding hydrogens is 411 g/mol. The maximum atomic E-state index is 14.2. The third kappa shape index (κ3) is 3.70. The molecule has 0 fully saturated rings. The Balaban J connectivity index is 1.96. The molecule has 29 heavy (non-hydrogen) atoms. The van der Waals surface area contributed by atoms with Gasteiger partial charge in [0.2, 0.25) is 0 Å². The average Bonchev–Trinajstić information content (AvgIpc) is 3.02. The van der Waals surface area contributed by atoms with Crippen LogP contribution in [0.25, 0.3) is 22.2 Å². The number of hydrogen-bond donors (Lipinski definition) is 0. The van der Waals surface area contributed by atoms with Gasteiger partial charge >= 0.3 is 6.18 Å². The van der Waals surface area contributed by atoms with Crippen LogP contribution in [0.15, 0.2) is 60.7 Å². The molecule has 1 heterocycles. The minimum atomic E-state index is -4.60. The van der Waals surface area contributed by atoms with E-state index < -0.39 is 23.4 Å². The van der Waals surface area contributed by atoms with Crippen molar-refractivity contribution in [3.8, 4) is 11.3 Å². The number of aromatic nitrogens is 2. The molecule has 0 saturated heterocycles. The summed E-state index contributed by atoms with van der Waals surface area (Å²) in [6.45, 7) is -0.171. The predicted octanol–water partition coefficient (Wildman–Crippen LogP) is 6.70. The number of fused-ring (bicyclic) bond motifs is 1.